The molecule has 10 heteroatoms. The van der Waals surface area contributed by atoms with Crippen molar-refractivity contribution in [1.29, 1.82) is 0 Å². The number of hydrogen-bond donors (Lipinski definition) is 1. The molecule has 4 rings (SSSR count). The smallest absolute Gasteiger partial charge is 0.244 e. The molecule has 0 saturated heterocycles. The van der Waals surface area contributed by atoms with E-state index in [-0.39, 0.29) is 31.0 Å². The van der Waals surface area contributed by atoms with E-state index in [0.717, 1.165) is 47.4 Å². The van der Waals surface area contributed by atoms with Gasteiger partial charge >= 0.3 is 0 Å². The first-order valence-corrected chi connectivity index (χ1v) is 14.0. The molecule has 1 saturated carbocycles. The average Bonchev–Trinajstić information content (AvgIpc) is 3.52. The molecule has 36 heavy (non-hydrogen) atoms. The van der Waals surface area contributed by atoms with Crippen LogP contribution in [0, 0.1) is 6.92 Å². The summed E-state index contributed by atoms with van der Waals surface area (Å²) in [6, 6.07) is 11.7. The molecule has 2 aromatic rings. The lowest BCUT2D eigenvalue weighted by atomic mass is 10.1. The lowest BCUT2D eigenvalue weighted by molar-refractivity contribution is -0.139. The molecule has 9 nitrogen and oxygen atoms in total. The zero-order valence-electron chi connectivity index (χ0n) is 20.9. The van der Waals surface area contributed by atoms with E-state index in [1.54, 1.807) is 25.1 Å². The average molecular weight is 516 g/mol. The first kappa shape index (κ1) is 25.8. The summed E-state index contributed by atoms with van der Waals surface area (Å²) in [6.45, 7) is 3.41. The Balaban J connectivity index is 1.60. The maximum absolute atomic E-state index is 13.7. The predicted octanol–water partition coefficient (Wildman–Crippen LogP) is 2.97. The maximum Gasteiger partial charge on any atom is 0.244 e. The van der Waals surface area contributed by atoms with Crippen molar-refractivity contribution >= 4 is 27.5 Å². The third kappa shape index (κ3) is 5.92. The van der Waals surface area contributed by atoms with Gasteiger partial charge in [-0.2, -0.15) is 0 Å². The van der Waals surface area contributed by atoms with Crippen molar-refractivity contribution in [3.05, 3.63) is 53.6 Å². The number of nitrogens with zero attached hydrogens (tertiary/aromatic N) is 2. The number of amides is 2. The zero-order valence-corrected chi connectivity index (χ0v) is 21.7. The number of carbonyl (C=O) groups is 2. The number of hydrogen-bond acceptors (Lipinski definition) is 6. The highest BCUT2D eigenvalue weighted by atomic mass is 32.2. The van der Waals surface area contributed by atoms with Gasteiger partial charge in [-0.05, 0) is 49.9 Å². The van der Waals surface area contributed by atoms with E-state index in [1.807, 2.05) is 31.2 Å². The van der Waals surface area contributed by atoms with Gasteiger partial charge < -0.3 is 19.7 Å². The largest absolute Gasteiger partial charge is 0.454 e. The lowest BCUT2D eigenvalue weighted by Gasteiger charge is -2.32. The van der Waals surface area contributed by atoms with Crippen LogP contribution in [0.4, 0.5) is 5.69 Å². The fourth-order valence-electron chi connectivity index (χ4n) is 4.60. The summed E-state index contributed by atoms with van der Waals surface area (Å²) in [7, 11) is -3.82. The van der Waals surface area contributed by atoms with Gasteiger partial charge in [0.15, 0.2) is 11.5 Å². The summed E-state index contributed by atoms with van der Waals surface area (Å²) in [6.07, 6.45) is 5.05. The fraction of sp³-hybridized carbons (Fsp3) is 0.462. The number of benzene rings is 2. The molecule has 0 aromatic heterocycles. The molecule has 0 bridgehead atoms. The third-order valence-electron chi connectivity index (χ3n) is 6.79. The van der Waals surface area contributed by atoms with Crippen LogP contribution in [0.2, 0.25) is 0 Å². The van der Waals surface area contributed by atoms with Gasteiger partial charge in [-0.1, -0.05) is 37.1 Å². The van der Waals surface area contributed by atoms with Crippen molar-refractivity contribution in [2.75, 3.05) is 23.9 Å². The molecular weight excluding hydrogens is 482 g/mol. The summed E-state index contributed by atoms with van der Waals surface area (Å²) in [5, 5.41) is 3.06. The molecule has 2 aromatic carbocycles. The van der Waals surface area contributed by atoms with Crippen molar-refractivity contribution in [2.24, 2.45) is 0 Å². The van der Waals surface area contributed by atoms with E-state index in [2.05, 4.69) is 5.32 Å². The summed E-state index contributed by atoms with van der Waals surface area (Å²) < 4.78 is 37.2. The van der Waals surface area contributed by atoms with E-state index < -0.39 is 28.5 Å². The molecule has 2 aliphatic rings. The molecule has 1 aliphatic carbocycles. The summed E-state index contributed by atoms with van der Waals surface area (Å²) in [5.74, 6) is 0.208. The Morgan fingerprint density at radius 3 is 2.47 bits per heavy atom. The number of nitrogens with one attached hydrogen (secondary N) is 1. The number of ether oxygens (including phenoxy) is 2. The van der Waals surface area contributed by atoms with Gasteiger partial charge in [0.25, 0.3) is 0 Å². The number of fused-ring (bicyclic) bond motifs is 1. The lowest BCUT2D eigenvalue weighted by Crippen LogP contribution is -2.52. The molecule has 0 spiro atoms. The van der Waals surface area contributed by atoms with E-state index >= 15 is 0 Å². The van der Waals surface area contributed by atoms with Crippen LogP contribution < -0.4 is 19.1 Å². The molecule has 194 valence electrons. The fourth-order valence-corrected chi connectivity index (χ4v) is 5.44. The molecule has 1 atom stereocenters. The van der Waals surface area contributed by atoms with Crippen LogP contribution >= 0.6 is 0 Å². The number of rotatable bonds is 9. The number of carbonyl (C=O) groups excluding carboxylic acids is 2. The topological polar surface area (TPSA) is 105 Å². The minimum absolute atomic E-state index is 0.0500. The highest BCUT2D eigenvalue weighted by molar-refractivity contribution is 7.92. The first-order chi connectivity index (χ1) is 17.1. The third-order valence-corrected chi connectivity index (χ3v) is 7.93. The van der Waals surface area contributed by atoms with Crippen LogP contribution in [0.1, 0.15) is 43.7 Å². The second-order valence-electron chi connectivity index (χ2n) is 9.42. The van der Waals surface area contributed by atoms with Gasteiger partial charge in [0, 0.05) is 18.7 Å². The van der Waals surface area contributed by atoms with Gasteiger partial charge in [-0.3, -0.25) is 13.9 Å². The monoisotopic (exact) mass is 515 g/mol. The molecular formula is C26H33N3O6S. The van der Waals surface area contributed by atoms with Gasteiger partial charge in [0.1, 0.15) is 12.6 Å². The Morgan fingerprint density at radius 1 is 1.08 bits per heavy atom. The molecule has 2 amide bonds. The van der Waals surface area contributed by atoms with Crippen LogP contribution in [-0.4, -0.2) is 56.8 Å². The van der Waals surface area contributed by atoms with Crippen molar-refractivity contribution in [2.45, 2.75) is 58.2 Å². The molecule has 1 aliphatic heterocycles. The van der Waals surface area contributed by atoms with Crippen LogP contribution in [0.15, 0.2) is 42.5 Å². The van der Waals surface area contributed by atoms with E-state index in [0.29, 0.717) is 11.5 Å². The Bertz CT molecular complexity index is 1230. The van der Waals surface area contributed by atoms with Gasteiger partial charge in [0.2, 0.25) is 28.6 Å². The van der Waals surface area contributed by atoms with Crippen molar-refractivity contribution in [3.63, 3.8) is 0 Å². The Kier molecular flexibility index (Phi) is 7.73. The molecule has 1 fully saturated rings. The quantitative estimate of drug-likeness (QED) is 0.551. The zero-order chi connectivity index (χ0) is 25.9. The molecule has 0 unspecified atom stereocenters. The van der Waals surface area contributed by atoms with Gasteiger partial charge in [-0.15, -0.1) is 0 Å². The summed E-state index contributed by atoms with van der Waals surface area (Å²) >= 11 is 0. The minimum Gasteiger partial charge on any atom is -0.454 e. The normalized spacial score (nSPS) is 16.0. The van der Waals surface area contributed by atoms with Crippen molar-refractivity contribution < 1.29 is 27.5 Å². The molecule has 1 heterocycles. The summed E-state index contributed by atoms with van der Waals surface area (Å²) in [5.41, 5.74) is 2.16. The number of anilines is 1. The Labute approximate surface area is 212 Å². The summed E-state index contributed by atoms with van der Waals surface area (Å²) in [4.78, 5) is 28.3. The molecule has 1 N–H and O–H groups in total. The van der Waals surface area contributed by atoms with Crippen LogP contribution in [0.3, 0.4) is 0 Å². The highest BCUT2D eigenvalue weighted by Crippen LogP contribution is 2.36. The molecule has 0 radical (unpaired) electrons. The SMILES string of the molecule is Cc1ccccc1CN(C(=O)CN(c1ccc2c(c1)OCO2)S(C)(=O)=O)[C@@H](C)C(=O)NC1CCCC1. The minimum atomic E-state index is -3.82. The Morgan fingerprint density at radius 2 is 1.78 bits per heavy atom. The van der Waals surface area contributed by atoms with Gasteiger partial charge in [-0.25, -0.2) is 8.42 Å². The van der Waals surface area contributed by atoms with Crippen LogP contribution in [-0.2, 0) is 26.2 Å². The highest BCUT2D eigenvalue weighted by Gasteiger charge is 2.32. The second kappa shape index (κ2) is 10.8. The van der Waals surface area contributed by atoms with Crippen LogP contribution in [0.5, 0.6) is 11.5 Å². The predicted molar refractivity (Wildman–Crippen MR) is 136 cm³/mol. The first-order valence-electron chi connectivity index (χ1n) is 12.1. The van der Waals surface area contributed by atoms with E-state index in [1.165, 1.54) is 4.90 Å². The second-order valence-corrected chi connectivity index (χ2v) is 11.3. The van der Waals surface area contributed by atoms with Crippen LogP contribution in [0.25, 0.3) is 0 Å². The standard InChI is InChI=1S/C26H33N3O6S/c1-18-8-4-5-9-20(18)15-28(19(2)26(31)27-21-10-6-7-11-21)25(30)16-29(36(3,32)33)22-12-13-23-24(14-22)35-17-34-23/h4-5,8-9,12-14,19,21H,6-7,10-11,15-17H2,1-3H3,(H,27,31)/t19-/m0/s1. The van der Waals surface area contributed by atoms with Crippen molar-refractivity contribution in [1.82, 2.24) is 10.2 Å². The van der Waals surface area contributed by atoms with E-state index in [4.69, 9.17) is 9.47 Å². The van der Waals surface area contributed by atoms with Gasteiger partial charge in [0.05, 0.1) is 11.9 Å². The maximum atomic E-state index is 13.7. The van der Waals surface area contributed by atoms with Crippen molar-refractivity contribution in [3.8, 4) is 11.5 Å². The number of aryl methyl sites for hydroxylation is 1. The van der Waals surface area contributed by atoms with E-state index in [9.17, 15) is 18.0 Å². The number of sulfonamides is 1. The Hall–Kier alpha value is -3.27.